The Morgan fingerprint density at radius 1 is 0.933 bits per heavy atom. The minimum atomic E-state index is -0.329. The molecule has 7 nitrogen and oxygen atoms in total. The van der Waals surface area contributed by atoms with Gasteiger partial charge in [0.1, 0.15) is 5.82 Å². The molecular weight excluding hydrogens is 387 g/mol. The number of anilines is 1. The predicted molar refractivity (Wildman–Crippen MR) is 112 cm³/mol. The largest absolute Gasteiger partial charge is 0.378 e. The van der Waals surface area contributed by atoms with Crippen molar-refractivity contribution in [1.29, 1.82) is 0 Å². The third kappa shape index (κ3) is 4.92. The molecule has 30 heavy (non-hydrogen) atoms. The summed E-state index contributed by atoms with van der Waals surface area (Å²) in [6, 6.07) is 5.50. The molecule has 8 heteroatoms. The van der Waals surface area contributed by atoms with Gasteiger partial charge in [-0.3, -0.25) is 9.69 Å². The Bertz CT molecular complexity index is 724. The molecule has 1 aliphatic carbocycles. The number of hydrogen-bond donors (Lipinski definition) is 1. The van der Waals surface area contributed by atoms with Crippen molar-refractivity contribution in [3.8, 4) is 0 Å². The van der Waals surface area contributed by atoms with Gasteiger partial charge in [0.25, 0.3) is 0 Å². The van der Waals surface area contributed by atoms with Crippen LogP contribution in [-0.4, -0.2) is 85.2 Å². The smallest absolute Gasteiger partial charge is 0.321 e. The summed E-state index contributed by atoms with van der Waals surface area (Å²) in [6.45, 7) is 5.09. The van der Waals surface area contributed by atoms with Crippen LogP contribution in [0, 0.1) is 11.7 Å². The fourth-order valence-corrected chi connectivity index (χ4v) is 4.84. The summed E-state index contributed by atoms with van der Waals surface area (Å²) in [4.78, 5) is 32.0. The molecule has 1 aromatic carbocycles. The molecule has 3 fully saturated rings. The first kappa shape index (κ1) is 21.1. The SMILES string of the molecule is O=C(Nc1ccc(F)cc1)N1CCN(C(C(=O)N2CCOCC2)C2CCCC2)CC1. The number of urea groups is 1. The van der Waals surface area contributed by atoms with E-state index in [1.54, 1.807) is 17.0 Å². The molecule has 2 saturated heterocycles. The summed E-state index contributed by atoms with van der Waals surface area (Å²) < 4.78 is 18.5. The van der Waals surface area contributed by atoms with E-state index in [2.05, 4.69) is 10.2 Å². The van der Waals surface area contributed by atoms with Gasteiger partial charge in [0, 0.05) is 45.0 Å². The molecule has 3 aliphatic rings. The van der Waals surface area contributed by atoms with E-state index in [4.69, 9.17) is 4.74 Å². The van der Waals surface area contributed by atoms with E-state index in [1.807, 2.05) is 4.90 Å². The molecule has 0 bridgehead atoms. The van der Waals surface area contributed by atoms with Crippen molar-refractivity contribution >= 4 is 17.6 Å². The molecule has 4 rings (SSSR count). The second kappa shape index (κ2) is 9.75. The number of carbonyl (C=O) groups is 2. The van der Waals surface area contributed by atoms with Gasteiger partial charge < -0.3 is 19.9 Å². The van der Waals surface area contributed by atoms with Crippen LogP contribution < -0.4 is 5.32 Å². The normalized spacial score (nSPS) is 22.2. The maximum atomic E-state index is 13.4. The van der Waals surface area contributed by atoms with E-state index < -0.39 is 0 Å². The van der Waals surface area contributed by atoms with Gasteiger partial charge in [0.2, 0.25) is 5.91 Å². The summed E-state index contributed by atoms with van der Waals surface area (Å²) in [5, 5.41) is 2.83. The van der Waals surface area contributed by atoms with Crippen LogP contribution in [0.5, 0.6) is 0 Å². The summed E-state index contributed by atoms with van der Waals surface area (Å²) in [5.74, 6) is 0.304. The summed E-state index contributed by atoms with van der Waals surface area (Å²) >= 11 is 0. The van der Waals surface area contributed by atoms with Crippen LogP contribution in [0.25, 0.3) is 0 Å². The van der Waals surface area contributed by atoms with Gasteiger partial charge in [-0.1, -0.05) is 12.8 Å². The Balaban J connectivity index is 1.36. The van der Waals surface area contributed by atoms with Crippen LogP contribution in [-0.2, 0) is 9.53 Å². The highest BCUT2D eigenvalue weighted by atomic mass is 19.1. The first-order valence-electron chi connectivity index (χ1n) is 11.0. The van der Waals surface area contributed by atoms with E-state index in [1.165, 1.54) is 25.0 Å². The summed E-state index contributed by atoms with van der Waals surface area (Å²) in [6.07, 6.45) is 4.59. The second-order valence-electron chi connectivity index (χ2n) is 8.39. The number of amides is 3. The summed E-state index contributed by atoms with van der Waals surface area (Å²) in [7, 11) is 0. The zero-order valence-electron chi connectivity index (χ0n) is 17.4. The minimum Gasteiger partial charge on any atom is -0.378 e. The van der Waals surface area contributed by atoms with Gasteiger partial charge in [-0.25, -0.2) is 9.18 Å². The summed E-state index contributed by atoms with van der Waals surface area (Å²) in [5.41, 5.74) is 0.579. The number of ether oxygens (including phenoxy) is 1. The Morgan fingerprint density at radius 2 is 1.57 bits per heavy atom. The minimum absolute atomic E-state index is 0.0899. The fraction of sp³-hybridized carbons (Fsp3) is 0.636. The molecular formula is C22H31FN4O3. The van der Waals surface area contributed by atoms with E-state index in [-0.39, 0.29) is 23.8 Å². The average Bonchev–Trinajstić information content (AvgIpc) is 3.31. The molecule has 2 heterocycles. The van der Waals surface area contributed by atoms with Gasteiger partial charge in [-0.05, 0) is 43.0 Å². The van der Waals surface area contributed by atoms with Crippen LogP contribution >= 0.6 is 0 Å². The molecule has 2 aliphatic heterocycles. The number of nitrogens with zero attached hydrogens (tertiary/aromatic N) is 3. The first-order valence-corrected chi connectivity index (χ1v) is 11.0. The molecule has 0 spiro atoms. The highest BCUT2D eigenvalue weighted by molar-refractivity contribution is 5.89. The first-order chi connectivity index (χ1) is 14.6. The standard InChI is InChI=1S/C22H31FN4O3/c23-18-5-7-19(8-6-18)24-22(29)27-11-9-25(10-12-27)20(17-3-1-2-4-17)21(28)26-13-15-30-16-14-26/h5-8,17,20H,1-4,9-16H2,(H,24,29). The number of carbonyl (C=O) groups excluding carboxylic acids is 2. The van der Waals surface area contributed by atoms with Crippen molar-refractivity contribution in [3.05, 3.63) is 30.1 Å². The molecule has 0 radical (unpaired) electrons. The maximum Gasteiger partial charge on any atom is 0.321 e. The lowest BCUT2D eigenvalue weighted by Gasteiger charge is -2.42. The highest BCUT2D eigenvalue weighted by Crippen LogP contribution is 2.32. The molecule has 164 valence electrons. The quantitative estimate of drug-likeness (QED) is 0.816. The zero-order chi connectivity index (χ0) is 20.9. The Morgan fingerprint density at radius 3 is 2.20 bits per heavy atom. The van der Waals surface area contributed by atoms with E-state index in [0.717, 1.165) is 12.8 Å². The molecule has 1 saturated carbocycles. The number of halogens is 1. The van der Waals surface area contributed by atoms with Gasteiger partial charge in [-0.15, -0.1) is 0 Å². The number of morpholine rings is 1. The zero-order valence-corrected chi connectivity index (χ0v) is 17.4. The van der Waals surface area contributed by atoms with Crippen LogP contribution in [0.4, 0.5) is 14.9 Å². The van der Waals surface area contributed by atoms with Crippen LogP contribution in [0.3, 0.4) is 0 Å². The molecule has 1 atom stereocenters. The van der Waals surface area contributed by atoms with Crippen molar-refractivity contribution in [3.63, 3.8) is 0 Å². The molecule has 1 aromatic rings. The Hall–Kier alpha value is -2.19. The predicted octanol–water partition coefficient (Wildman–Crippen LogP) is 2.39. The van der Waals surface area contributed by atoms with Crippen LogP contribution in [0.15, 0.2) is 24.3 Å². The van der Waals surface area contributed by atoms with Gasteiger partial charge >= 0.3 is 6.03 Å². The van der Waals surface area contributed by atoms with Crippen molar-refractivity contribution in [1.82, 2.24) is 14.7 Å². The number of nitrogens with one attached hydrogen (secondary N) is 1. The van der Waals surface area contributed by atoms with Crippen molar-refractivity contribution in [2.24, 2.45) is 5.92 Å². The number of hydrogen-bond acceptors (Lipinski definition) is 4. The Labute approximate surface area is 177 Å². The van der Waals surface area contributed by atoms with Crippen molar-refractivity contribution in [2.45, 2.75) is 31.7 Å². The number of piperazine rings is 1. The number of benzene rings is 1. The topological polar surface area (TPSA) is 65.1 Å². The van der Waals surface area contributed by atoms with E-state index in [9.17, 15) is 14.0 Å². The maximum absolute atomic E-state index is 13.4. The van der Waals surface area contributed by atoms with Crippen LogP contribution in [0.2, 0.25) is 0 Å². The second-order valence-corrected chi connectivity index (χ2v) is 8.39. The molecule has 1 unspecified atom stereocenters. The van der Waals surface area contributed by atoms with Crippen LogP contribution in [0.1, 0.15) is 25.7 Å². The molecule has 1 N–H and O–H groups in total. The average molecular weight is 419 g/mol. The number of rotatable bonds is 4. The lowest BCUT2D eigenvalue weighted by molar-refractivity contribution is -0.144. The van der Waals surface area contributed by atoms with Crippen molar-refractivity contribution < 1.29 is 18.7 Å². The van der Waals surface area contributed by atoms with Gasteiger partial charge in [0.05, 0.1) is 19.3 Å². The fourth-order valence-electron chi connectivity index (χ4n) is 4.84. The molecule has 0 aromatic heterocycles. The highest BCUT2D eigenvalue weighted by Gasteiger charge is 2.39. The van der Waals surface area contributed by atoms with Gasteiger partial charge in [-0.2, -0.15) is 0 Å². The molecule has 3 amide bonds. The monoisotopic (exact) mass is 418 g/mol. The van der Waals surface area contributed by atoms with Gasteiger partial charge in [0.15, 0.2) is 0 Å². The van der Waals surface area contributed by atoms with E-state index >= 15 is 0 Å². The van der Waals surface area contributed by atoms with Crippen molar-refractivity contribution in [2.75, 3.05) is 57.8 Å². The lowest BCUT2D eigenvalue weighted by Crippen LogP contribution is -2.59. The third-order valence-electron chi connectivity index (χ3n) is 6.51. The Kier molecular flexibility index (Phi) is 6.84. The third-order valence-corrected chi connectivity index (χ3v) is 6.51. The van der Waals surface area contributed by atoms with E-state index in [0.29, 0.717) is 64.1 Å². The lowest BCUT2D eigenvalue weighted by atomic mass is 9.94.